The highest BCUT2D eigenvalue weighted by Crippen LogP contribution is 2.48. The maximum absolute atomic E-state index is 9.01. The quantitative estimate of drug-likeness (QED) is 0.0361. The Morgan fingerprint density at radius 1 is 0.316 bits per heavy atom. The number of phenolic OH excluding ortho intramolecular Hbond substituents is 2. The molecule has 2 N–H and O–H groups in total. The van der Waals surface area contributed by atoms with E-state index in [1.165, 1.54) is 195 Å². The summed E-state index contributed by atoms with van der Waals surface area (Å²) in [6, 6.07) is 87.8. The van der Waals surface area contributed by atoms with Crippen LogP contribution in [-0.2, 0) is 31.0 Å². The number of rotatable bonds is 39. The van der Waals surface area contributed by atoms with E-state index in [9.17, 15) is 0 Å². The SMILES string of the molecule is CCC(C)c1ccc(O)cc1.CCC(C)c1ccc(O)cc1.CCC(C)c1ccc(OC(OCC(C)C)C2CCCCC2)cc1.CCC(C)c1ccc(OC(OCC2c3ccccc3-c3ccccc32)C(C)(C)C2CCCCC2)cc1.CCC(C)c1ccc(OC(OCCC2CCCCC2)C(C)(C)c2ccccc2)cc1.CCC(C)c1ccc(OC(OCc2ccccc2)C2CCCC2)cc1. The van der Waals surface area contributed by atoms with Gasteiger partial charge in [-0.2, -0.15) is 0 Å². The molecule has 5 aliphatic rings. The van der Waals surface area contributed by atoms with E-state index in [4.69, 9.17) is 48.1 Å². The summed E-state index contributed by atoms with van der Waals surface area (Å²) in [5.41, 5.74) is 15.6. The second-order valence-electron chi connectivity index (χ2n) is 41.6. The first-order valence-electron chi connectivity index (χ1n) is 53.2. The monoisotopic (exact) mass is 1850 g/mol. The summed E-state index contributed by atoms with van der Waals surface area (Å²) >= 11 is 0. The van der Waals surface area contributed by atoms with Gasteiger partial charge in [-0.15, -0.1) is 0 Å². The molecule has 0 heterocycles. The summed E-state index contributed by atoms with van der Waals surface area (Å²) in [6.07, 6.45) is 31.9. The Morgan fingerprint density at radius 3 is 1.02 bits per heavy atom. The minimum atomic E-state index is -0.321. The van der Waals surface area contributed by atoms with Gasteiger partial charge in [-0.05, 0) is 290 Å². The average molecular weight is 1850 g/mol. The lowest BCUT2D eigenvalue weighted by Gasteiger charge is -2.42. The Labute approximate surface area is 824 Å². The van der Waals surface area contributed by atoms with Crippen molar-refractivity contribution in [3.05, 3.63) is 310 Å². The summed E-state index contributed by atoms with van der Waals surface area (Å²) in [6.45, 7) is 43.0. The van der Waals surface area contributed by atoms with Gasteiger partial charge in [-0.1, -0.05) is 376 Å². The third-order valence-electron chi connectivity index (χ3n) is 30.3. The lowest BCUT2D eigenvalue weighted by Crippen LogP contribution is -2.43. The topological polar surface area (TPSA) is 114 Å². The second-order valence-corrected chi connectivity index (χ2v) is 41.6. The highest BCUT2D eigenvalue weighted by Gasteiger charge is 2.42. The molecule has 4 saturated carbocycles. The third kappa shape index (κ3) is 34.1. The van der Waals surface area contributed by atoms with Crippen LogP contribution in [-0.4, -0.2) is 55.2 Å². The van der Waals surface area contributed by atoms with E-state index in [0.29, 0.717) is 83.9 Å². The highest BCUT2D eigenvalue weighted by molar-refractivity contribution is 5.78. The van der Waals surface area contributed by atoms with E-state index in [1.54, 1.807) is 24.3 Å². The van der Waals surface area contributed by atoms with Crippen LogP contribution in [0.15, 0.2) is 255 Å². The molecule has 0 spiro atoms. The molecule has 0 amide bonds. The van der Waals surface area contributed by atoms with Crippen LogP contribution in [0, 0.1) is 35.0 Å². The maximum Gasteiger partial charge on any atom is 0.209 e. The number of phenols is 2. The molecule has 136 heavy (non-hydrogen) atoms. The summed E-state index contributed by atoms with van der Waals surface area (Å²) in [4.78, 5) is 0. The molecular formula is C126H174O10. The predicted molar refractivity (Wildman–Crippen MR) is 569 cm³/mol. The third-order valence-corrected chi connectivity index (χ3v) is 30.3. The van der Waals surface area contributed by atoms with Gasteiger partial charge in [0.25, 0.3) is 0 Å². The molecule has 5 aliphatic carbocycles. The van der Waals surface area contributed by atoms with E-state index in [2.05, 4.69) is 325 Å². The van der Waals surface area contributed by atoms with Crippen molar-refractivity contribution < 1.29 is 48.1 Å². The molecule has 10 nitrogen and oxygen atoms in total. The Bertz CT molecular complexity index is 4750. The van der Waals surface area contributed by atoms with Gasteiger partial charge >= 0.3 is 0 Å². The summed E-state index contributed by atoms with van der Waals surface area (Å²) in [7, 11) is 0. The Morgan fingerprint density at radius 2 is 0.640 bits per heavy atom. The molecule has 10 heteroatoms. The average Bonchev–Trinajstić information content (AvgIpc) is 1.61. The second kappa shape index (κ2) is 57.4. The van der Waals surface area contributed by atoms with Crippen molar-refractivity contribution >= 4 is 0 Å². The zero-order valence-electron chi connectivity index (χ0n) is 86.9. The molecule has 15 rings (SSSR count). The number of benzene rings is 10. The number of hydrogen-bond acceptors (Lipinski definition) is 10. The van der Waals surface area contributed by atoms with Crippen LogP contribution >= 0.6 is 0 Å². The van der Waals surface area contributed by atoms with Crippen LogP contribution < -0.4 is 18.9 Å². The molecule has 0 aliphatic heterocycles. The largest absolute Gasteiger partial charge is 0.508 e. The smallest absolute Gasteiger partial charge is 0.209 e. The molecule has 738 valence electrons. The van der Waals surface area contributed by atoms with Gasteiger partial charge in [0, 0.05) is 23.2 Å². The Balaban J connectivity index is 0.000000176. The van der Waals surface area contributed by atoms with Gasteiger partial charge < -0.3 is 48.1 Å². The van der Waals surface area contributed by atoms with E-state index in [-0.39, 0.29) is 41.9 Å². The standard InChI is InChI=1S/C34H42O2.C28H40O2.C23H30O2.C21H34O2.2C10H14O/c1-5-24(2)25-19-21-27(22-20-25)36-33(34(3,4)26-13-7-6-8-14-26)35-23-32-30-17-11-9-15-28(30)29-16-10-12-18-31(29)32;1-5-22(2)24-16-18-26(19-17-24)30-27(28(3,4)25-14-10-7-11-15-25)29-21-20-23-12-8-6-9-13-23;1-3-18(2)20-13-15-22(16-14-20)25-23(21-11-7-8-12-21)24-17-19-9-5-4-6-10-19;1-5-17(4)18-11-13-20(14-12-18)23-21(22-15-16(2)3)19-9-7-6-8-10-19;2*1-3-8(2)9-4-6-10(11)7-5-9/h9-12,15-22,24,26,32-33H,5-8,13-14,23H2,1-4H3;7,10-11,14-19,22-23,27H,5-6,8-9,12-13,20-21H2,1-4H3;4-6,9-10,13-16,18,21,23H,3,7-8,11-12,17H2,1-2H3;11-14,16-17,19,21H,5-10,15H2,1-4H3;2*4-8,11H,3H2,1-2H3. The van der Waals surface area contributed by atoms with Crippen molar-refractivity contribution in [3.63, 3.8) is 0 Å². The lowest BCUT2D eigenvalue weighted by molar-refractivity contribution is -0.169. The van der Waals surface area contributed by atoms with Crippen molar-refractivity contribution in [2.24, 2.45) is 35.0 Å². The van der Waals surface area contributed by atoms with E-state index in [0.717, 1.165) is 80.7 Å². The van der Waals surface area contributed by atoms with Gasteiger partial charge in [-0.3, -0.25) is 0 Å². The van der Waals surface area contributed by atoms with Crippen LogP contribution in [0.3, 0.4) is 0 Å². The summed E-state index contributed by atoms with van der Waals surface area (Å²) in [5.74, 6) is 11.1. The number of fused-ring (bicyclic) bond motifs is 3. The summed E-state index contributed by atoms with van der Waals surface area (Å²) < 4.78 is 51.3. The van der Waals surface area contributed by atoms with Crippen LogP contribution in [0.4, 0.5) is 0 Å². The van der Waals surface area contributed by atoms with Crippen LogP contribution in [0.5, 0.6) is 34.5 Å². The maximum atomic E-state index is 9.01. The van der Waals surface area contributed by atoms with Crippen LogP contribution in [0.1, 0.15) is 389 Å². The molecule has 0 radical (unpaired) electrons. The molecule has 0 saturated heterocycles. The van der Waals surface area contributed by atoms with Gasteiger partial charge in [0.05, 0.1) is 31.8 Å². The minimum Gasteiger partial charge on any atom is -0.508 e. The number of aromatic hydroxyl groups is 2. The van der Waals surface area contributed by atoms with Crippen LogP contribution in [0.25, 0.3) is 11.1 Å². The molecule has 4 fully saturated rings. The molecule has 10 aromatic carbocycles. The lowest BCUT2D eigenvalue weighted by atomic mass is 9.70. The number of hydrogen-bond donors (Lipinski definition) is 2. The van der Waals surface area contributed by atoms with E-state index < -0.39 is 0 Å². The van der Waals surface area contributed by atoms with Gasteiger partial charge in [0.2, 0.25) is 25.2 Å². The normalized spacial score (nSPS) is 17.1. The highest BCUT2D eigenvalue weighted by atomic mass is 16.7. The summed E-state index contributed by atoms with van der Waals surface area (Å²) in [5, 5.41) is 18.0. The minimum absolute atomic E-state index is 0.0760. The fraction of sp³-hybridized carbons (Fsp3) is 0.524. The van der Waals surface area contributed by atoms with Crippen molar-refractivity contribution in [1.82, 2.24) is 0 Å². The molecule has 10 unspecified atom stereocenters. The predicted octanol–water partition coefficient (Wildman–Crippen LogP) is 35.5. The Hall–Kier alpha value is -9.16. The van der Waals surface area contributed by atoms with Crippen molar-refractivity contribution in [1.29, 1.82) is 0 Å². The number of ether oxygens (including phenoxy) is 8. The first kappa shape index (κ1) is 109. The van der Waals surface area contributed by atoms with Crippen LogP contribution in [0.2, 0.25) is 0 Å². The first-order valence-corrected chi connectivity index (χ1v) is 53.2. The fourth-order valence-electron chi connectivity index (χ4n) is 19.5. The fourth-order valence-corrected chi connectivity index (χ4v) is 19.5. The van der Waals surface area contributed by atoms with Crippen molar-refractivity contribution in [3.8, 4) is 45.6 Å². The molecule has 0 bridgehead atoms. The van der Waals surface area contributed by atoms with E-state index in [1.807, 2.05) is 30.3 Å². The molecule has 10 aromatic rings. The van der Waals surface area contributed by atoms with Gasteiger partial charge in [-0.25, -0.2) is 0 Å². The molecular weight excluding hydrogens is 1670 g/mol. The zero-order chi connectivity index (χ0) is 97.2. The molecule has 0 aromatic heterocycles. The van der Waals surface area contributed by atoms with Gasteiger partial charge in [0.1, 0.15) is 34.5 Å². The zero-order valence-corrected chi connectivity index (χ0v) is 86.9. The molecule has 10 atom stereocenters. The van der Waals surface area contributed by atoms with Gasteiger partial charge in [0.15, 0.2) is 0 Å². The first-order chi connectivity index (χ1) is 65.8. The van der Waals surface area contributed by atoms with E-state index >= 15 is 0 Å². The van der Waals surface area contributed by atoms with Crippen molar-refractivity contribution in [2.75, 3.05) is 19.8 Å². The van der Waals surface area contributed by atoms with Crippen molar-refractivity contribution in [2.45, 2.75) is 370 Å². The Kier molecular flexibility index (Phi) is 45.9.